The van der Waals surface area contributed by atoms with Crippen LogP contribution in [0.25, 0.3) is 0 Å². The molecule has 0 aromatic carbocycles. The predicted octanol–water partition coefficient (Wildman–Crippen LogP) is 1.25. The van der Waals surface area contributed by atoms with Crippen LogP contribution in [0, 0.1) is 6.92 Å². The molecule has 0 radical (unpaired) electrons. The maximum Gasteiger partial charge on any atom is 0.305 e. The highest BCUT2D eigenvalue weighted by atomic mass is 16.5. The molecule has 132 valence electrons. The van der Waals surface area contributed by atoms with Gasteiger partial charge in [-0.15, -0.1) is 0 Å². The first kappa shape index (κ1) is 17.0. The Balaban J connectivity index is 1.68. The van der Waals surface area contributed by atoms with Crippen molar-refractivity contribution in [3.05, 3.63) is 23.7 Å². The summed E-state index contributed by atoms with van der Waals surface area (Å²) in [6, 6.07) is 3.09. The van der Waals surface area contributed by atoms with E-state index in [2.05, 4.69) is 0 Å². The summed E-state index contributed by atoms with van der Waals surface area (Å²) in [5, 5.41) is 9.20. The molecule has 2 aliphatic rings. The van der Waals surface area contributed by atoms with Crippen LogP contribution in [0.2, 0.25) is 0 Å². The lowest BCUT2D eigenvalue weighted by molar-refractivity contribution is -0.151. The second-order valence-corrected chi connectivity index (χ2v) is 6.52. The van der Waals surface area contributed by atoms with E-state index in [-0.39, 0.29) is 18.4 Å². The first-order chi connectivity index (χ1) is 11.5. The summed E-state index contributed by atoms with van der Waals surface area (Å²) < 4.78 is 11.2. The van der Waals surface area contributed by atoms with Gasteiger partial charge >= 0.3 is 5.97 Å². The minimum Gasteiger partial charge on any atom is -0.481 e. The highest BCUT2D eigenvalue weighted by Gasteiger charge is 2.37. The molecule has 1 amide bonds. The molecular formula is C17H24N2O5. The van der Waals surface area contributed by atoms with Gasteiger partial charge in [0.05, 0.1) is 19.1 Å². The minimum absolute atomic E-state index is 0.0821. The van der Waals surface area contributed by atoms with Gasteiger partial charge in [0.15, 0.2) is 0 Å². The molecule has 3 rings (SSSR count). The first-order valence-electron chi connectivity index (χ1n) is 8.44. The van der Waals surface area contributed by atoms with Gasteiger partial charge in [-0.2, -0.15) is 0 Å². The lowest BCUT2D eigenvalue weighted by atomic mass is 10.1. The molecule has 24 heavy (non-hydrogen) atoms. The van der Waals surface area contributed by atoms with Crippen LogP contribution in [-0.4, -0.2) is 65.2 Å². The lowest BCUT2D eigenvalue weighted by Crippen LogP contribution is -2.58. The molecule has 3 heterocycles. The molecule has 0 saturated carbocycles. The van der Waals surface area contributed by atoms with Crippen molar-refractivity contribution in [2.24, 2.45) is 0 Å². The van der Waals surface area contributed by atoms with Crippen LogP contribution in [0.3, 0.4) is 0 Å². The number of furan rings is 1. The quantitative estimate of drug-likeness (QED) is 0.842. The summed E-state index contributed by atoms with van der Waals surface area (Å²) in [5.74, 6) is 0.474. The van der Waals surface area contributed by atoms with Crippen molar-refractivity contribution >= 4 is 11.9 Å². The monoisotopic (exact) mass is 336 g/mol. The second kappa shape index (κ2) is 7.36. The summed E-state index contributed by atoms with van der Waals surface area (Å²) in [7, 11) is 0. The third-order valence-electron chi connectivity index (χ3n) is 4.67. The predicted molar refractivity (Wildman–Crippen MR) is 85.4 cm³/mol. The van der Waals surface area contributed by atoms with Gasteiger partial charge in [0.1, 0.15) is 17.6 Å². The van der Waals surface area contributed by atoms with Crippen molar-refractivity contribution in [3.63, 3.8) is 0 Å². The zero-order valence-electron chi connectivity index (χ0n) is 13.9. The molecule has 2 aliphatic heterocycles. The van der Waals surface area contributed by atoms with Gasteiger partial charge in [-0.25, -0.2) is 0 Å². The van der Waals surface area contributed by atoms with Gasteiger partial charge in [0, 0.05) is 26.2 Å². The number of nitrogens with zero attached hydrogens (tertiary/aromatic N) is 2. The van der Waals surface area contributed by atoms with Crippen molar-refractivity contribution in [2.45, 2.75) is 44.9 Å². The van der Waals surface area contributed by atoms with Crippen LogP contribution in [0.1, 0.15) is 30.8 Å². The van der Waals surface area contributed by atoms with E-state index >= 15 is 0 Å². The number of carbonyl (C=O) groups is 2. The highest BCUT2D eigenvalue weighted by Crippen LogP contribution is 2.21. The van der Waals surface area contributed by atoms with Crippen molar-refractivity contribution < 1.29 is 23.8 Å². The zero-order chi connectivity index (χ0) is 17.1. The van der Waals surface area contributed by atoms with Crippen LogP contribution in [-0.2, 0) is 20.9 Å². The van der Waals surface area contributed by atoms with Gasteiger partial charge < -0.3 is 19.2 Å². The number of ether oxygens (including phenoxy) is 1. The van der Waals surface area contributed by atoms with E-state index < -0.39 is 12.0 Å². The molecule has 7 nitrogen and oxygen atoms in total. The SMILES string of the molecule is Cc1ccc(CN2CCN(CC3CCCO3)C(=O)C2CC(=O)O)o1. The van der Waals surface area contributed by atoms with E-state index in [0.29, 0.717) is 26.2 Å². The van der Waals surface area contributed by atoms with E-state index in [4.69, 9.17) is 9.15 Å². The molecule has 2 atom stereocenters. The largest absolute Gasteiger partial charge is 0.481 e. The Kier molecular flexibility index (Phi) is 5.20. The summed E-state index contributed by atoms with van der Waals surface area (Å²) in [6.45, 7) is 4.84. The van der Waals surface area contributed by atoms with E-state index in [0.717, 1.165) is 31.0 Å². The van der Waals surface area contributed by atoms with Crippen molar-refractivity contribution in [2.75, 3.05) is 26.2 Å². The topological polar surface area (TPSA) is 83.2 Å². The first-order valence-corrected chi connectivity index (χ1v) is 8.44. The van der Waals surface area contributed by atoms with Gasteiger partial charge in [-0.1, -0.05) is 0 Å². The Morgan fingerprint density at radius 1 is 1.38 bits per heavy atom. The average molecular weight is 336 g/mol. The molecule has 1 aromatic rings. The summed E-state index contributed by atoms with van der Waals surface area (Å²) in [4.78, 5) is 27.7. The van der Waals surface area contributed by atoms with Crippen LogP contribution in [0.5, 0.6) is 0 Å². The Morgan fingerprint density at radius 3 is 2.83 bits per heavy atom. The zero-order valence-corrected chi connectivity index (χ0v) is 13.9. The van der Waals surface area contributed by atoms with Crippen LogP contribution in [0.4, 0.5) is 0 Å². The third kappa shape index (κ3) is 3.96. The summed E-state index contributed by atoms with van der Waals surface area (Å²) >= 11 is 0. The molecule has 1 aromatic heterocycles. The number of rotatable bonds is 6. The summed E-state index contributed by atoms with van der Waals surface area (Å²) in [6.07, 6.45) is 1.87. The number of carboxylic acid groups (broad SMARTS) is 1. The van der Waals surface area contributed by atoms with Gasteiger partial charge in [0.2, 0.25) is 5.91 Å². The number of carbonyl (C=O) groups excluding carboxylic acids is 1. The van der Waals surface area contributed by atoms with Crippen LogP contribution in [0.15, 0.2) is 16.5 Å². The van der Waals surface area contributed by atoms with Gasteiger partial charge in [-0.05, 0) is 31.9 Å². The highest BCUT2D eigenvalue weighted by molar-refractivity contribution is 5.86. The van der Waals surface area contributed by atoms with E-state index in [1.165, 1.54) is 0 Å². The van der Waals surface area contributed by atoms with Crippen molar-refractivity contribution in [3.8, 4) is 0 Å². The molecule has 2 saturated heterocycles. The van der Waals surface area contributed by atoms with Gasteiger partial charge in [0.25, 0.3) is 0 Å². The second-order valence-electron chi connectivity index (χ2n) is 6.52. The van der Waals surface area contributed by atoms with Crippen LogP contribution >= 0.6 is 0 Å². The minimum atomic E-state index is -0.965. The van der Waals surface area contributed by atoms with Gasteiger partial charge in [-0.3, -0.25) is 14.5 Å². The normalized spacial score (nSPS) is 25.4. The third-order valence-corrected chi connectivity index (χ3v) is 4.67. The number of aryl methyl sites for hydroxylation is 1. The number of carboxylic acids is 1. The smallest absolute Gasteiger partial charge is 0.305 e. The molecule has 1 N–H and O–H groups in total. The maximum absolute atomic E-state index is 12.8. The van der Waals surface area contributed by atoms with E-state index in [1.807, 2.05) is 24.0 Å². The Bertz CT molecular complexity index is 594. The fraction of sp³-hybridized carbons (Fsp3) is 0.647. The number of amides is 1. The number of aliphatic carboxylic acids is 1. The van der Waals surface area contributed by atoms with Crippen molar-refractivity contribution in [1.29, 1.82) is 0 Å². The average Bonchev–Trinajstić information content (AvgIpc) is 3.17. The number of piperazine rings is 1. The fourth-order valence-electron chi connectivity index (χ4n) is 3.44. The summed E-state index contributed by atoms with van der Waals surface area (Å²) in [5.41, 5.74) is 0. The Morgan fingerprint density at radius 2 is 2.21 bits per heavy atom. The molecule has 0 spiro atoms. The molecule has 2 unspecified atom stereocenters. The van der Waals surface area contributed by atoms with Crippen molar-refractivity contribution in [1.82, 2.24) is 9.80 Å². The van der Waals surface area contributed by atoms with Crippen LogP contribution < -0.4 is 0 Å². The number of hydrogen-bond acceptors (Lipinski definition) is 5. The molecule has 0 bridgehead atoms. The lowest BCUT2D eigenvalue weighted by Gasteiger charge is -2.40. The number of hydrogen-bond donors (Lipinski definition) is 1. The molecule has 2 fully saturated rings. The fourth-order valence-corrected chi connectivity index (χ4v) is 3.44. The standard InChI is InChI=1S/C17H24N2O5/c1-12-4-5-14(24-12)11-18-6-7-19(10-13-3-2-8-23-13)17(22)15(18)9-16(20)21/h4-5,13,15H,2-3,6-11H2,1H3,(H,20,21). The molecule has 7 heteroatoms. The maximum atomic E-state index is 12.8. The Labute approximate surface area is 141 Å². The van der Waals surface area contributed by atoms with E-state index in [1.54, 1.807) is 4.90 Å². The molecular weight excluding hydrogens is 312 g/mol. The Hall–Kier alpha value is -1.86. The molecule has 0 aliphatic carbocycles. The van der Waals surface area contributed by atoms with E-state index in [9.17, 15) is 14.7 Å².